The number of aryl methyl sites for hydroxylation is 1. The third kappa shape index (κ3) is 2.20. The van der Waals surface area contributed by atoms with Crippen molar-refractivity contribution in [1.29, 1.82) is 0 Å². The van der Waals surface area contributed by atoms with E-state index in [0.29, 0.717) is 11.4 Å². The fourth-order valence-electron chi connectivity index (χ4n) is 2.66. The summed E-state index contributed by atoms with van der Waals surface area (Å²) in [6.45, 7) is 2.81. The van der Waals surface area contributed by atoms with Crippen LogP contribution in [0, 0.1) is 6.92 Å². The van der Waals surface area contributed by atoms with Gasteiger partial charge in [-0.25, -0.2) is 0 Å². The molecule has 0 amide bonds. The van der Waals surface area contributed by atoms with Gasteiger partial charge in [0, 0.05) is 0 Å². The van der Waals surface area contributed by atoms with Crippen LogP contribution in [0.5, 0.6) is 5.88 Å². The Balaban J connectivity index is 2.10. The van der Waals surface area contributed by atoms with Crippen molar-refractivity contribution in [2.75, 3.05) is 6.54 Å². The normalized spacial score (nSPS) is 18.4. The van der Waals surface area contributed by atoms with E-state index in [0.717, 1.165) is 24.9 Å². The molecular formula is C15H17N3O2. The van der Waals surface area contributed by atoms with Crippen molar-refractivity contribution in [2.24, 2.45) is 0 Å². The topological polar surface area (TPSA) is 78.0 Å². The minimum Gasteiger partial charge on any atom is -0.493 e. The van der Waals surface area contributed by atoms with Crippen molar-refractivity contribution >= 4 is 0 Å². The van der Waals surface area contributed by atoms with Crippen LogP contribution in [0.1, 0.15) is 30.3 Å². The van der Waals surface area contributed by atoms with Crippen molar-refractivity contribution in [3.63, 3.8) is 0 Å². The molecule has 1 aliphatic heterocycles. The Kier molecular flexibility index (Phi) is 3.28. The number of benzene rings is 1. The number of aromatic amines is 1. The summed E-state index contributed by atoms with van der Waals surface area (Å²) in [7, 11) is 0. The molecule has 0 saturated carbocycles. The Morgan fingerprint density at radius 2 is 2.15 bits per heavy atom. The molecule has 0 radical (unpaired) electrons. The molecule has 2 heterocycles. The zero-order valence-corrected chi connectivity index (χ0v) is 11.3. The maximum Gasteiger partial charge on any atom is 0.262 e. The Hall–Kier alpha value is -2.14. The van der Waals surface area contributed by atoms with E-state index < -0.39 is 0 Å². The zero-order valence-electron chi connectivity index (χ0n) is 11.3. The highest BCUT2D eigenvalue weighted by Crippen LogP contribution is 2.28. The van der Waals surface area contributed by atoms with E-state index in [4.69, 9.17) is 0 Å². The van der Waals surface area contributed by atoms with Crippen LogP contribution in [-0.4, -0.2) is 21.6 Å². The largest absolute Gasteiger partial charge is 0.493 e. The average molecular weight is 271 g/mol. The van der Waals surface area contributed by atoms with Crippen LogP contribution in [0.2, 0.25) is 0 Å². The molecule has 1 atom stereocenters. The fourth-order valence-corrected chi connectivity index (χ4v) is 2.66. The summed E-state index contributed by atoms with van der Waals surface area (Å²) < 4.78 is 0. The fraction of sp³-hybridized carbons (Fsp3) is 0.333. The number of aromatic hydroxyl groups is 1. The van der Waals surface area contributed by atoms with Gasteiger partial charge >= 0.3 is 0 Å². The number of hydrogen-bond acceptors (Lipinski definition) is 4. The van der Waals surface area contributed by atoms with Crippen LogP contribution in [-0.2, 0) is 0 Å². The van der Waals surface area contributed by atoms with E-state index in [9.17, 15) is 9.90 Å². The van der Waals surface area contributed by atoms with Crippen molar-refractivity contribution in [2.45, 2.75) is 25.8 Å². The molecule has 2 aromatic rings. The second kappa shape index (κ2) is 5.09. The lowest BCUT2D eigenvalue weighted by molar-refractivity contribution is 0.444. The van der Waals surface area contributed by atoms with Crippen LogP contribution in [0.25, 0.3) is 11.1 Å². The number of aromatic nitrogens is 2. The molecule has 5 heteroatoms. The Morgan fingerprint density at radius 1 is 1.35 bits per heavy atom. The molecule has 1 aromatic heterocycles. The van der Waals surface area contributed by atoms with Gasteiger partial charge in [-0.05, 0) is 37.4 Å². The van der Waals surface area contributed by atoms with Gasteiger partial charge in [0.05, 0.1) is 6.04 Å². The van der Waals surface area contributed by atoms with E-state index >= 15 is 0 Å². The number of hydrogen-bond donors (Lipinski definition) is 3. The molecule has 1 unspecified atom stereocenters. The molecule has 5 nitrogen and oxygen atoms in total. The summed E-state index contributed by atoms with van der Waals surface area (Å²) in [4.78, 5) is 19.3. The molecule has 104 valence electrons. The van der Waals surface area contributed by atoms with Crippen molar-refractivity contribution in [3.8, 4) is 17.0 Å². The van der Waals surface area contributed by atoms with Gasteiger partial charge in [0.1, 0.15) is 11.4 Å². The van der Waals surface area contributed by atoms with Crippen LogP contribution in [0.4, 0.5) is 0 Å². The first kappa shape index (κ1) is 12.9. The summed E-state index contributed by atoms with van der Waals surface area (Å²) >= 11 is 0. The van der Waals surface area contributed by atoms with Gasteiger partial charge in [0.2, 0.25) is 5.88 Å². The predicted octanol–water partition coefficient (Wildman–Crippen LogP) is 1.88. The minimum absolute atomic E-state index is 0.0273. The van der Waals surface area contributed by atoms with Crippen molar-refractivity contribution in [1.82, 2.24) is 15.3 Å². The summed E-state index contributed by atoms with van der Waals surface area (Å²) in [5, 5.41) is 13.4. The summed E-state index contributed by atoms with van der Waals surface area (Å²) in [5.74, 6) is 0.314. The molecule has 3 rings (SSSR count). The Morgan fingerprint density at radius 3 is 2.80 bits per heavy atom. The van der Waals surface area contributed by atoms with Crippen LogP contribution in [0.15, 0.2) is 29.1 Å². The van der Waals surface area contributed by atoms with Gasteiger partial charge in [-0.2, -0.15) is 4.98 Å². The molecule has 0 bridgehead atoms. The minimum atomic E-state index is -0.296. The molecule has 0 aliphatic carbocycles. The number of nitrogens with zero attached hydrogens (tertiary/aromatic N) is 1. The highest BCUT2D eigenvalue weighted by molar-refractivity contribution is 5.70. The van der Waals surface area contributed by atoms with E-state index in [-0.39, 0.29) is 23.0 Å². The van der Waals surface area contributed by atoms with Gasteiger partial charge in [-0.15, -0.1) is 0 Å². The third-order valence-corrected chi connectivity index (χ3v) is 3.72. The molecule has 0 spiro atoms. The maximum atomic E-state index is 12.3. The molecular weight excluding hydrogens is 254 g/mol. The van der Waals surface area contributed by atoms with Gasteiger partial charge < -0.3 is 15.4 Å². The second-order valence-corrected chi connectivity index (χ2v) is 5.11. The van der Waals surface area contributed by atoms with Crippen LogP contribution in [0.3, 0.4) is 0 Å². The van der Waals surface area contributed by atoms with Gasteiger partial charge in [-0.1, -0.05) is 24.3 Å². The molecule has 20 heavy (non-hydrogen) atoms. The number of H-pyrrole nitrogens is 1. The standard InChI is InChI=1S/C15H17N3O2/c1-9-5-2-3-6-10(9)12-14(19)17-13(18-15(12)20)11-7-4-8-16-11/h2-3,5-6,11,16H,4,7-8H2,1H3,(H2,17,18,19,20). The predicted molar refractivity (Wildman–Crippen MR) is 76.7 cm³/mol. The molecule has 1 aliphatic rings. The quantitative estimate of drug-likeness (QED) is 0.779. The van der Waals surface area contributed by atoms with E-state index in [1.165, 1.54) is 0 Å². The first-order valence-electron chi connectivity index (χ1n) is 6.79. The molecule has 1 aromatic carbocycles. The van der Waals surface area contributed by atoms with E-state index in [2.05, 4.69) is 15.3 Å². The number of rotatable bonds is 2. The lowest BCUT2D eigenvalue weighted by Gasteiger charge is -2.12. The van der Waals surface area contributed by atoms with Crippen LogP contribution < -0.4 is 10.9 Å². The monoisotopic (exact) mass is 271 g/mol. The van der Waals surface area contributed by atoms with Gasteiger partial charge in [0.25, 0.3) is 5.56 Å². The summed E-state index contributed by atoms with van der Waals surface area (Å²) in [6, 6.07) is 7.48. The zero-order chi connectivity index (χ0) is 14.1. The average Bonchev–Trinajstić information content (AvgIpc) is 2.94. The highest BCUT2D eigenvalue weighted by Gasteiger charge is 2.22. The molecule has 3 N–H and O–H groups in total. The number of nitrogens with one attached hydrogen (secondary N) is 2. The second-order valence-electron chi connectivity index (χ2n) is 5.11. The van der Waals surface area contributed by atoms with Crippen LogP contribution >= 0.6 is 0 Å². The van der Waals surface area contributed by atoms with Gasteiger partial charge in [0.15, 0.2) is 0 Å². The molecule has 1 fully saturated rings. The summed E-state index contributed by atoms with van der Waals surface area (Å²) in [5.41, 5.74) is 1.59. The lowest BCUT2D eigenvalue weighted by atomic mass is 10.0. The van der Waals surface area contributed by atoms with E-state index in [1.54, 1.807) is 0 Å². The van der Waals surface area contributed by atoms with Gasteiger partial charge in [-0.3, -0.25) is 4.79 Å². The first-order valence-corrected chi connectivity index (χ1v) is 6.79. The Labute approximate surface area is 116 Å². The van der Waals surface area contributed by atoms with Crippen molar-refractivity contribution in [3.05, 3.63) is 46.0 Å². The Bertz CT molecular complexity index is 688. The lowest BCUT2D eigenvalue weighted by Crippen LogP contribution is -2.21. The molecule has 1 saturated heterocycles. The SMILES string of the molecule is Cc1ccccc1-c1c(O)nc(C2CCCN2)[nH]c1=O. The third-order valence-electron chi connectivity index (χ3n) is 3.72. The van der Waals surface area contributed by atoms with Crippen molar-refractivity contribution < 1.29 is 5.11 Å². The summed E-state index contributed by atoms with van der Waals surface area (Å²) in [6.07, 6.45) is 1.97. The maximum absolute atomic E-state index is 12.3. The van der Waals surface area contributed by atoms with E-state index in [1.807, 2.05) is 31.2 Å². The smallest absolute Gasteiger partial charge is 0.262 e. The highest BCUT2D eigenvalue weighted by atomic mass is 16.3. The first-order chi connectivity index (χ1) is 9.66.